The van der Waals surface area contributed by atoms with Crippen molar-refractivity contribution < 1.29 is 0 Å². The van der Waals surface area contributed by atoms with E-state index in [4.69, 9.17) is 5.73 Å². The number of nitrogens with zero attached hydrogens (tertiary/aromatic N) is 3. The Balaban J connectivity index is 2.46. The number of benzene rings is 1. The number of halogens is 1. The Bertz CT molecular complexity index is 492. The molecule has 2 rings (SSSR count). The van der Waals surface area contributed by atoms with Crippen LogP contribution in [-0.4, -0.2) is 15.0 Å². The highest BCUT2D eigenvalue weighted by molar-refractivity contribution is 9.10. The maximum atomic E-state index is 5.51. The lowest BCUT2D eigenvalue weighted by Gasteiger charge is -2.07. The van der Waals surface area contributed by atoms with Crippen molar-refractivity contribution in [2.45, 2.75) is 19.9 Å². The lowest BCUT2D eigenvalue weighted by Crippen LogP contribution is -2.00. The van der Waals surface area contributed by atoms with Crippen LogP contribution in [0.2, 0.25) is 0 Å². The van der Waals surface area contributed by atoms with Gasteiger partial charge in [0.25, 0.3) is 0 Å². The van der Waals surface area contributed by atoms with Gasteiger partial charge in [0.15, 0.2) is 0 Å². The maximum absolute atomic E-state index is 5.51. The first kappa shape index (κ1) is 11.3. The summed E-state index contributed by atoms with van der Waals surface area (Å²) in [5.74, 6) is 0. The fraction of sp³-hybridized carbons (Fsp3) is 0.273. The summed E-state index contributed by atoms with van der Waals surface area (Å²) in [5.41, 5.74) is 8.59. The monoisotopic (exact) mass is 280 g/mol. The summed E-state index contributed by atoms with van der Waals surface area (Å²) in [7, 11) is 0. The molecule has 0 atom stereocenters. The van der Waals surface area contributed by atoms with Crippen LogP contribution in [0.25, 0.3) is 5.69 Å². The van der Waals surface area contributed by atoms with Gasteiger partial charge >= 0.3 is 0 Å². The topological polar surface area (TPSA) is 56.7 Å². The zero-order valence-corrected chi connectivity index (χ0v) is 10.6. The lowest BCUT2D eigenvalue weighted by molar-refractivity contribution is 0.788. The second kappa shape index (κ2) is 4.76. The van der Waals surface area contributed by atoms with Gasteiger partial charge in [-0.25, -0.2) is 4.68 Å². The Morgan fingerprint density at radius 1 is 1.44 bits per heavy atom. The van der Waals surface area contributed by atoms with E-state index in [1.54, 1.807) is 4.68 Å². The van der Waals surface area contributed by atoms with E-state index in [0.717, 1.165) is 22.3 Å². The zero-order valence-electron chi connectivity index (χ0n) is 9.02. The summed E-state index contributed by atoms with van der Waals surface area (Å²) in [5, 5.41) is 8.05. The third kappa shape index (κ3) is 2.15. The third-order valence-corrected chi connectivity index (χ3v) is 2.91. The molecular weight excluding hydrogens is 268 g/mol. The van der Waals surface area contributed by atoms with Gasteiger partial charge in [0.2, 0.25) is 0 Å². The first-order chi connectivity index (χ1) is 7.74. The number of nitrogens with two attached hydrogens (primary N) is 1. The molecule has 2 aromatic rings. The van der Waals surface area contributed by atoms with Crippen LogP contribution in [0, 0.1) is 0 Å². The first-order valence-electron chi connectivity index (χ1n) is 5.14. The molecule has 0 aliphatic rings. The molecule has 0 radical (unpaired) electrons. The fourth-order valence-electron chi connectivity index (χ4n) is 1.57. The van der Waals surface area contributed by atoms with Crippen molar-refractivity contribution in [3.8, 4) is 5.69 Å². The molecule has 0 saturated carbocycles. The van der Waals surface area contributed by atoms with Crippen LogP contribution in [0.1, 0.15) is 18.2 Å². The van der Waals surface area contributed by atoms with Gasteiger partial charge in [-0.15, -0.1) is 5.10 Å². The number of aromatic nitrogens is 3. The van der Waals surface area contributed by atoms with Crippen molar-refractivity contribution in [2.24, 2.45) is 5.73 Å². The van der Waals surface area contributed by atoms with Gasteiger partial charge in [0.1, 0.15) is 0 Å². The maximum Gasteiger partial charge on any atom is 0.0967 e. The van der Waals surface area contributed by atoms with Gasteiger partial charge in [0, 0.05) is 11.0 Å². The Kier molecular flexibility index (Phi) is 3.36. The second-order valence-corrected chi connectivity index (χ2v) is 4.40. The number of hydrogen-bond donors (Lipinski definition) is 1. The van der Waals surface area contributed by atoms with Gasteiger partial charge in [-0.1, -0.05) is 28.1 Å². The Labute approximate surface area is 103 Å². The van der Waals surface area contributed by atoms with Crippen LogP contribution in [0.15, 0.2) is 28.9 Å². The Morgan fingerprint density at radius 2 is 2.25 bits per heavy atom. The second-order valence-electron chi connectivity index (χ2n) is 3.49. The zero-order chi connectivity index (χ0) is 11.5. The van der Waals surface area contributed by atoms with Crippen LogP contribution in [-0.2, 0) is 13.0 Å². The molecule has 0 unspecified atom stereocenters. The standard InChI is InChI=1S/C11H13BrN4/c1-2-8-5-9(12)3-4-11(8)16-7-10(6-13)14-15-16/h3-5,7H,2,6,13H2,1H3. The molecule has 1 aromatic carbocycles. The summed E-state index contributed by atoms with van der Waals surface area (Å²) in [4.78, 5) is 0. The largest absolute Gasteiger partial charge is 0.325 e. The quantitative estimate of drug-likeness (QED) is 0.936. The molecule has 0 saturated heterocycles. The highest BCUT2D eigenvalue weighted by Gasteiger charge is 2.06. The van der Waals surface area contributed by atoms with Gasteiger partial charge in [-0.2, -0.15) is 0 Å². The smallest absolute Gasteiger partial charge is 0.0967 e. The molecule has 4 nitrogen and oxygen atoms in total. The first-order valence-corrected chi connectivity index (χ1v) is 5.94. The molecule has 0 fully saturated rings. The molecule has 0 spiro atoms. The minimum atomic E-state index is 0.415. The van der Waals surface area contributed by atoms with Crippen LogP contribution < -0.4 is 5.73 Å². The van der Waals surface area contributed by atoms with Gasteiger partial charge in [-0.3, -0.25) is 0 Å². The molecule has 2 N–H and O–H groups in total. The Morgan fingerprint density at radius 3 is 2.88 bits per heavy atom. The highest BCUT2D eigenvalue weighted by Crippen LogP contribution is 2.20. The van der Waals surface area contributed by atoms with E-state index in [-0.39, 0.29) is 0 Å². The number of aryl methyl sites for hydroxylation is 1. The van der Waals surface area contributed by atoms with Crippen LogP contribution in [0.5, 0.6) is 0 Å². The molecule has 84 valence electrons. The van der Waals surface area contributed by atoms with Gasteiger partial charge in [-0.05, 0) is 30.2 Å². The van der Waals surface area contributed by atoms with Crippen LogP contribution in [0.4, 0.5) is 0 Å². The van der Waals surface area contributed by atoms with Crippen molar-refractivity contribution in [1.82, 2.24) is 15.0 Å². The average Bonchev–Trinajstić information content (AvgIpc) is 2.77. The normalized spacial score (nSPS) is 10.7. The van der Waals surface area contributed by atoms with E-state index >= 15 is 0 Å². The minimum Gasteiger partial charge on any atom is -0.325 e. The van der Waals surface area contributed by atoms with E-state index in [2.05, 4.69) is 39.2 Å². The van der Waals surface area contributed by atoms with E-state index in [9.17, 15) is 0 Å². The highest BCUT2D eigenvalue weighted by atomic mass is 79.9. The molecule has 0 amide bonds. The summed E-state index contributed by atoms with van der Waals surface area (Å²) >= 11 is 3.46. The van der Waals surface area contributed by atoms with Crippen LogP contribution in [0.3, 0.4) is 0 Å². The number of hydrogen-bond acceptors (Lipinski definition) is 3. The van der Waals surface area contributed by atoms with E-state index in [0.29, 0.717) is 6.54 Å². The van der Waals surface area contributed by atoms with Gasteiger partial charge in [0.05, 0.1) is 17.6 Å². The van der Waals surface area contributed by atoms with E-state index in [1.807, 2.05) is 18.3 Å². The average molecular weight is 281 g/mol. The predicted octanol–water partition coefficient (Wildman–Crippen LogP) is 2.05. The molecule has 16 heavy (non-hydrogen) atoms. The van der Waals surface area contributed by atoms with E-state index in [1.165, 1.54) is 5.56 Å². The van der Waals surface area contributed by atoms with Crippen molar-refractivity contribution >= 4 is 15.9 Å². The van der Waals surface area contributed by atoms with Crippen molar-refractivity contribution in [3.63, 3.8) is 0 Å². The molecule has 0 aliphatic carbocycles. The minimum absolute atomic E-state index is 0.415. The molecule has 1 heterocycles. The number of rotatable bonds is 3. The summed E-state index contributed by atoms with van der Waals surface area (Å²) in [6.45, 7) is 2.53. The molecule has 1 aromatic heterocycles. The third-order valence-electron chi connectivity index (χ3n) is 2.42. The van der Waals surface area contributed by atoms with Gasteiger partial charge < -0.3 is 5.73 Å². The van der Waals surface area contributed by atoms with E-state index < -0.39 is 0 Å². The lowest BCUT2D eigenvalue weighted by atomic mass is 10.1. The Hall–Kier alpha value is -1.20. The molecular formula is C11H13BrN4. The van der Waals surface area contributed by atoms with Crippen molar-refractivity contribution in [2.75, 3.05) is 0 Å². The van der Waals surface area contributed by atoms with Crippen molar-refractivity contribution in [3.05, 3.63) is 40.1 Å². The summed E-state index contributed by atoms with van der Waals surface area (Å²) < 4.78 is 2.85. The van der Waals surface area contributed by atoms with Crippen molar-refractivity contribution in [1.29, 1.82) is 0 Å². The summed E-state index contributed by atoms with van der Waals surface area (Å²) in [6, 6.07) is 6.12. The predicted molar refractivity (Wildman–Crippen MR) is 66.3 cm³/mol. The summed E-state index contributed by atoms with van der Waals surface area (Å²) in [6.07, 6.45) is 2.81. The fourth-order valence-corrected chi connectivity index (χ4v) is 1.98. The van der Waals surface area contributed by atoms with Crippen LogP contribution >= 0.6 is 15.9 Å². The SMILES string of the molecule is CCc1cc(Br)ccc1-n1cc(CN)nn1. The molecule has 0 aliphatic heterocycles. The molecule has 0 bridgehead atoms. The molecule has 5 heteroatoms.